The molecule has 3 nitrogen and oxygen atoms in total. The van der Waals surface area contributed by atoms with E-state index in [9.17, 15) is 0 Å². The highest BCUT2D eigenvalue weighted by Gasteiger charge is 2.03. The Morgan fingerprint density at radius 1 is 1.47 bits per heavy atom. The maximum Gasteiger partial charge on any atom is 0.0928 e. The van der Waals surface area contributed by atoms with E-state index in [1.807, 2.05) is 16.9 Å². The number of hydrogen-bond donors (Lipinski definition) is 0. The van der Waals surface area contributed by atoms with Gasteiger partial charge in [-0.2, -0.15) is 5.10 Å². The summed E-state index contributed by atoms with van der Waals surface area (Å²) in [5.41, 5.74) is 2.30. The number of rotatable bonds is 4. The van der Waals surface area contributed by atoms with Crippen LogP contribution in [0.5, 0.6) is 0 Å². The van der Waals surface area contributed by atoms with E-state index in [0.29, 0.717) is 0 Å². The highest BCUT2D eigenvalue weighted by molar-refractivity contribution is 7.09. The van der Waals surface area contributed by atoms with E-state index in [0.717, 1.165) is 25.1 Å². The molecule has 0 atom stereocenters. The summed E-state index contributed by atoms with van der Waals surface area (Å²) < 4.78 is 1.98. The third-order valence-electron chi connectivity index (χ3n) is 2.30. The van der Waals surface area contributed by atoms with Gasteiger partial charge in [0.05, 0.1) is 17.2 Å². The first kappa shape index (κ1) is 10.4. The molecule has 0 aromatic carbocycles. The minimum absolute atomic E-state index is 0.791. The van der Waals surface area contributed by atoms with E-state index in [-0.39, 0.29) is 0 Å². The van der Waals surface area contributed by atoms with Crippen molar-refractivity contribution in [3.8, 4) is 0 Å². The third kappa shape index (κ3) is 2.45. The van der Waals surface area contributed by atoms with Gasteiger partial charge in [0, 0.05) is 17.3 Å². The van der Waals surface area contributed by atoms with Crippen LogP contribution in [0.25, 0.3) is 0 Å². The zero-order valence-electron chi connectivity index (χ0n) is 9.10. The second-order valence-electron chi connectivity index (χ2n) is 3.61. The van der Waals surface area contributed by atoms with Crippen LogP contribution in [0.4, 0.5) is 0 Å². The van der Waals surface area contributed by atoms with Gasteiger partial charge in [-0.25, -0.2) is 4.98 Å². The van der Waals surface area contributed by atoms with Crippen molar-refractivity contribution < 1.29 is 0 Å². The number of nitrogens with zero attached hydrogens (tertiary/aromatic N) is 3. The molecule has 0 N–H and O–H groups in total. The van der Waals surface area contributed by atoms with E-state index >= 15 is 0 Å². The minimum Gasteiger partial charge on any atom is -0.264 e. The van der Waals surface area contributed by atoms with Crippen LogP contribution in [0.1, 0.15) is 29.7 Å². The molecule has 0 saturated heterocycles. The second-order valence-corrected chi connectivity index (χ2v) is 4.56. The normalized spacial score (nSPS) is 10.8. The highest BCUT2D eigenvalue weighted by atomic mass is 32.1. The number of hydrogen-bond acceptors (Lipinski definition) is 3. The van der Waals surface area contributed by atoms with Gasteiger partial charge in [0.2, 0.25) is 0 Å². The SMILES string of the molecule is CCCc1nc(Cn2nccc2C)cs1. The van der Waals surface area contributed by atoms with Crippen molar-refractivity contribution in [1.82, 2.24) is 14.8 Å². The Balaban J connectivity index is 2.08. The van der Waals surface area contributed by atoms with Crippen molar-refractivity contribution in [2.75, 3.05) is 0 Å². The average Bonchev–Trinajstić information content (AvgIpc) is 2.79. The fraction of sp³-hybridized carbons (Fsp3) is 0.455. The van der Waals surface area contributed by atoms with Crippen LogP contribution >= 0.6 is 11.3 Å². The monoisotopic (exact) mass is 221 g/mol. The van der Waals surface area contributed by atoms with Crippen LogP contribution in [-0.2, 0) is 13.0 Å². The molecule has 2 aromatic heterocycles. The van der Waals surface area contributed by atoms with Crippen molar-refractivity contribution >= 4 is 11.3 Å². The number of aryl methyl sites for hydroxylation is 2. The van der Waals surface area contributed by atoms with Crippen molar-refractivity contribution in [2.45, 2.75) is 33.2 Å². The summed E-state index contributed by atoms with van der Waals surface area (Å²) in [4.78, 5) is 4.57. The fourth-order valence-electron chi connectivity index (χ4n) is 1.47. The molecule has 0 fully saturated rings. The van der Waals surface area contributed by atoms with E-state index in [2.05, 4.69) is 29.3 Å². The zero-order valence-corrected chi connectivity index (χ0v) is 9.92. The molecule has 0 amide bonds. The number of aromatic nitrogens is 3. The molecule has 2 aromatic rings. The Morgan fingerprint density at radius 2 is 2.33 bits per heavy atom. The Hall–Kier alpha value is -1.16. The van der Waals surface area contributed by atoms with Crippen LogP contribution < -0.4 is 0 Å². The molecule has 2 heterocycles. The van der Waals surface area contributed by atoms with Crippen molar-refractivity contribution in [2.24, 2.45) is 0 Å². The van der Waals surface area contributed by atoms with Crippen LogP contribution in [0.15, 0.2) is 17.6 Å². The molecule has 0 aliphatic carbocycles. The topological polar surface area (TPSA) is 30.7 Å². The summed E-state index contributed by atoms with van der Waals surface area (Å²) in [5.74, 6) is 0. The van der Waals surface area contributed by atoms with E-state index in [4.69, 9.17) is 0 Å². The standard InChI is InChI=1S/C11H15N3S/c1-3-4-11-13-10(8-15-11)7-14-9(2)5-6-12-14/h5-6,8H,3-4,7H2,1-2H3. The van der Waals surface area contributed by atoms with Gasteiger partial charge in [0.1, 0.15) is 0 Å². The first-order chi connectivity index (χ1) is 7.29. The van der Waals surface area contributed by atoms with Gasteiger partial charge in [-0.05, 0) is 25.8 Å². The van der Waals surface area contributed by atoms with Crippen molar-refractivity contribution in [1.29, 1.82) is 0 Å². The van der Waals surface area contributed by atoms with Gasteiger partial charge in [0.15, 0.2) is 0 Å². The minimum atomic E-state index is 0.791. The molecule has 0 saturated carbocycles. The Labute approximate surface area is 93.8 Å². The summed E-state index contributed by atoms with van der Waals surface area (Å²) in [6.45, 7) is 5.03. The molecule has 0 radical (unpaired) electrons. The molecule has 0 aliphatic heterocycles. The van der Waals surface area contributed by atoms with Crippen LogP contribution in [0.2, 0.25) is 0 Å². The zero-order chi connectivity index (χ0) is 10.7. The van der Waals surface area contributed by atoms with E-state index < -0.39 is 0 Å². The lowest BCUT2D eigenvalue weighted by molar-refractivity contribution is 0.653. The molecular weight excluding hydrogens is 206 g/mol. The van der Waals surface area contributed by atoms with Gasteiger partial charge in [-0.1, -0.05) is 6.92 Å². The summed E-state index contributed by atoms with van der Waals surface area (Å²) in [5, 5.41) is 7.61. The van der Waals surface area contributed by atoms with Gasteiger partial charge < -0.3 is 0 Å². The lowest BCUT2D eigenvalue weighted by Crippen LogP contribution is -2.03. The lowest BCUT2D eigenvalue weighted by Gasteiger charge is -2.00. The maximum absolute atomic E-state index is 4.57. The Kier molecular flexibility index (Phi) is 3.16. The highest BCUT2D eigenvalue weighted by Crippen LogP contribution is 2.13. The van der Waals surface area contributed by atoms with Crippen molar-refractivity contribution in [3.63, 3.8) is 0 Å². The van der Waals surface area contributed by atoms with Gasteiger partial charge in [-0.3, -0.25) is 4.68 Å². The predicted octanol–water partition coefficient (Wildman–Crippen LogP) is 2.65. The predicted molar refractivity (Wildman–Crippen MR) is 62.2 cm³/mol. The molecular formula is C11H15N3S. The van der Waals surface area contributed by atoms with E-state index in [1.54, 1.807) is 11.3 Å². The largest absolute Gasteiger partial charge is 0.264 e. The first-order valence-corrected chi connectivity index (χ1v) is 6.09. The maximum atomic E-state index is 4.57. The smallest absolute Gasteiger partial charge is 0.0928 e. The third-order valence-corrected chi connectivity index (χ3v) is 3.26. The van der Waals surface area contributed by atoms with Crippen LogP contribution in [-0.4, -0.2) is 14.8 Å². The van der Waals surface area contributed by atoms with Crippen molar-refractivity contribution in [3.05, 3.63) is 34.0 Å². The van der Waals surface area contributed by atoms with E-state index in [1.165, 1.54) is 10.7 Å². The molecule has 0 aliphatic rings. The molecule has 80 valence electrons. The Bertz CT molecular complexity index is 430. The summed E-state index contributed by atoms with van der Waals surface area (Å²) >= 11 is 1.75. The summed E-state index contributed by atoms with van der Waals surface area (Å²) in [6.07, 6.45) is 4.07. The molecule has 2 rings (SSSR count). The molecule has 4 heteroatoms. The average molecular weight is 221 g/mol. The summed E-state index contributed by atoms with van der Waals surface area (Å²) in [6, 6.07) is 2.01. The van der Waals surface area contributed by atoms with Crippen LogP contribution in [0.3, 0.4) is 0 Å². The number of thiazole rings is 1. The van der Waals surface area contributed by atoms with Gasteiger partial charge >= 0.3 is 0 Å². The second kappa shape index (κ2) is 4.57. The lowest BCUT2D eigenvalue weighted by atomic mass is 10.3. The Morgan fingerprint density at radius 3 is 3.00 bits per heavy atom. The summed E-state index contributed by atoms with van der Waals surface area (Å²) in [7, 11) is 0. The van der Waals surface area contributed by atoms with Gasteiger partial charge in [-0.15, -0.1) is 11.3 Å². The first-order valence-electron chi connectivity index (χ1n) is 5.21. The molecule has 0 spiro atoms. The fourth-order valence-corrected chi connectivity index (χ4v) is 2.36. The van der Waals surface area contributed by atoms with Gasteiger partial charge in [0.25, 0.3) is 0 Å². The van der Waals surface area contributed by atoms with Crippen LogP contribution in [0, 0.1) is 6.92 Å². The molecule has 0 unspecified atom stereocenters. The molecule has 15 heavy (non-hydrogen) atoms. The quantitative estimate of drug-likeness (QED) is 0.794. The molecule has 0 bridgehead atoms.